The summed E-state index contributed by atoms with van der Waals surface area (Å²) in [7, 11) is 17.0. The predicted molar refractivity (Wildman–Crippen MR) is 270 cm³/mol. The molecule has 0 aromatic heterocycles. The van der Waals surface area contributed by atoms with Gasteiger partial charge in [-0.3, -0.25) is 9.59 Å². The summed E-state index contributed by atoms with van der Waals surface area (Å²) in [6.45, 7) is 2.14. The highest BCUT2D eigenvalue weighted by Crippen LogP contribution is 2.45. The van der Waals surface area contributed by atoms with Gasteiger partial charge in [0, 0.05) is 36.8 Å². The summed E-state index contributed by atoms with van der Waals surface area (Å²) in [6, 6.07) is 19.5. The Kier molecular flexibility index (Phi) is 19.2. The third-order valence-corrected chi connectivity index (χ3v) is 14.7. The van der Waals surface area contributed by atoms with E-state index in [9.17, 15) is 19.2 Å². The van der Waals surface area contributed by atoms with Gasteiger partial charge in [0.25, 0.3) is 0 Å². The van der Waals surface area contributed by atoms with E-state index in [2.05, 4.69) is 14.1 Å². The molecule has 0 spiro atoms. The fraction of sp³-hybridized carbons (Fsp3) is 0.500. The maximum Gasteiger partial charge on any atom is 0.322 e. The lowest BCUT2D eigenvalue weighted by Gasteiger charge is -2.46. The van der Waals surface area contributed by atoms with Gasteiger partial charge >= 0.3 is 11.9 Å². The van der Waals surface area contributed by atoms with Crippen molar-refractivity contribution < 1.29 is 75.5 Å². The number of quaternary nitrogens is 2. The number of carbonyl (C=O) groups is 4. The lowest BCUT2D eigenvalue weighted by molar-refractivity contribution is -0.942. The van der Waals surface area contributed by atoms with E-state index in [0.717, 1.165) is 33.4 Å². The van der Waals surface area contributed by atoms with E-state index < -0.39 is 23.8 Å². The van der Waals surface area contributed by atoms with E-state index in [0.29, 0.717) is 132 Å². The lowest BCUT2D eigenvalue weighted by atomic mass is 9.85. The van der Waals surface area contributed by atoms with Gasteiger partial charge in [0.15, 0.2) is 57.8 Å². The highest BCUT2D eigenvalue weighted by molar-refractivity contribution is 5.88. The van der Waals surface area contributed by atoms with E-state index in [1.807, 2.05) is 60.7 Å². The SMILES string of the molecule is COc1ccc(C[C@@H]2c3cc(OC)c(OC)cc3CC[N+]2(C)C[C@@H](C=O)C(=O)OCCCCCCOC(=O)[C@H](C=O)C[N+]2(C)CCc3cc(OC)c(OC)cc3[C@H]2Cc2ccc(OC)c(OC)c2)cc1OC. The van der Waals surface area contributed by atoms with E-state index in [-0.39, 0.29) is 38.4 Å². The molecular formula is C56H74N2O14+2. The summed E-state index contributed by atoms with van der Waals surface area (Å²) in [5.41, 5.74) is 6.38. The molecule has 0 fully saturated rings. The summed E-state index contributed by atoms with van der Waals surface area (Å²) >= 11 is 0. The van der Waals surface area contributed by atoms with Gasteiger partial charge in [0.05, 0.1) is 110 Å². The number of nitrogens with zero attached hydrogens (tertiary/aromatic N) is 2. The first kappa shape index (κ1) is 54.8. The molecule has 4 aromatic rings. The molecule has 0 saturated carbocycles. The van der Waals surface area contributed by atoms with E-state index >= 15 is 0 Å². The quantitative estimate of drug-likeness (QED) is 0.0192. The van der Waals surface area contributed by atoms with Gasteiger partial charge in [-0.2, -0.15) is 0 Å². The van der Waals surface area contributed by atoms with Crippen molar-refractivity contribution in [1.29, 1.82) is 0 Å². The van der Waals surface area contributed by atoms with Crippen molar-refractivity contribution in [2.75, 3.05) is 110 Å². The molecule has 2 aliphatic heterocycles. The van der Waals surface area contributed by atoms with Crippen LogP contribution in [-0.2, 0) is 54.3 Å². The largest absolute Gasteiger partial charge is 0.493 e. The van der Waals surface area contributed by atoms with Crippen LogP contribution in [0.2, 0.25) is 0 Å². The number of unbranched alkanes of at least 4 members (excludes halogenated alkanes) is 3. The molecule has 0 bridgehead atoms. The maximum absolute atomic E-state index is 13.5. The first-order valence-corrected chi connectivity index (χ1v) is 24.6. The predicted octanol–water partition coefficient (Wildman–Crippen LogP) is 7.31. The van der Waals surface area contributed by atoms with Crippen molar-refractivity contribution in [1.82, 2.24) is 0 Å². The van der Waals surface area contributed by atoms with Crippen LogP contribution in [0.25, 0.3) is 0 Å². The minimum absolute atomic E-state index is 0.147. The number of hydrogen-bond acceptors (Lipinski definition) is 14. The van der Waals surface area contributed by atoms with Crippen molar-refractivity contribution in [2.24, 2.45) is 11.8 Å². The molecular weight excluding hydrogens is 925 g/mol. The average Bonchev–Trinajstić information content (AvgIpc) is 3.40. The molecule has 6 atom stereocenters. The van der Waals surface area contributed by atoms with Gasteiger partial charge < -0.3 is 65.9 Å². The van der Waals surface area contributed by atoms with Gasteiger partial charge in [-0.15, -0.1) is 0 Å². The molecule has 72 heavy (non-hydrogen) atoms. The summed E-state index contributed by atoms with van der Waals surface area (Å²) in [6.07, 6.45) is 6.55. The minimum Gasteiger partial charge on any atom is -0.493 e. The number of likely N-dealkylation sites (N-methyl/N-ethyl adjacent to an activating group) is 2. The molecule has 0 radical (unpaired) electrons. The summed E-state index contributed by atoms with van der Waals surface area (Å²) in [4.78, 5) is 52.4. The van der Waals surface area contributed by atoms with Gasteiger partial charge in [-0.1, -0.05) is 12.1 Å². The van der Waals surface area contributed by atoms with Crippen LogP contribution >= 0.6 is 0 Å². The Morgan fingerprint density at radius 1 is 0.486 bits per heavy atom. The normalized spacial score (nSPS) is 19.8. The number of carbonyl (C=O) groups excluding carboxylic acids is 4. The smallest absolute Gasteiger partial charge is 0.322 e. The van der Waals surface area contributed by atoms with Gasteiger partial charge in [-0.05, 0) is 96.5 Å². The number of rotatable bonds is 27. The number of esters is 2. The Hall–Kier alpha value is -6.52. The van der Waals surface area contributed by atoms with Crippen LogP contribution in [0.3, 0.4) is 0 Å². The molecule has 390 valence electrons. The van der Waals surface area contributed by atoms with Crippen LogP contribution in [0.1, 0.15) is 71.1 Å². The van der Waals surface area contributed by atoms with Crippen LogP contribution < -0.4 is 37.9 Å². The Labute approximate surface area is 424 Å². The van der Waals surface area contributed by atoms with Crippen molar-refractivity contribution in [3.8, 4) is 46.0 Å². The third kappa shape index (κ3) is 12.6. The van der Waals surface area contributed by atoms with E-state index in [4.69, 9.17) is 47.4 Å². The fourth-order valence-electron chi connectivity index (χ4n) is 10.6. The fourth-order valence-corrected chi connectivity index (χ4v) is 10.6. The average molecular weight is 999 g/mol. The van der Waals surface area contributed by atoms with Crippen LogP contribution in [0.15, 0.2) is 60.7 Å². The molecule has 16 heteroatoms. The maximum atomic E-state index is 13.5. The van der Waals surface area contributed by atoms with Crippen molar-refractivity contribution >= 4 is 24.5 Å². The zero-order valence-corrected chi connectivity index (χ0v) is 43.7. The number of hydrogen-bond donors (Lipinski definition) is 0. The lowest BCUT2D eigenvalue weighted by Crippen LogP contribution is -2.55. The number of methoxy groups -OCH3 is 8. The topological polar surface area (TPSA) is 161 Å². The number of ether oxygens (including phenoxy) is 10. The summed E-state index contributed by atoms with van der Waals surface area (Å²) < 4.78 is 57.2. The monoisotopic (exact) mass is 999 g/mol. The number of fused-ring (bicyclic) bond motifs is 2. The second-order valence-electron chi connectivity index (χ2n) is 19.1. The molecule has 0 amide bonds. The van der Waals surface area contributed by atoms with Crippen LogP contribution in [0.4, 0.5) is 0 Å². The molecule has 16 nitrogen and oxygen atoms in total. The van der Waals surface area contributed by atoms with E-state index in [1.165, 1.54) is 0 Å². The zero-order valence-electron chi connectivity index (χ0n) is 43.7. The standard InChI is InChI=1S/C56H74N2O14/c1-57(21-19-39-29-51(67-7)53(69-9)31-43(39)45(57)25-37-15-17-47(63-3)49(27-37)65-5)33-41(35-59)55(61)71-23-13-11-12-14-24-72-56(62)42(36-60)34-58(2)22-20-40-30-52(68-8)54(70-10)32-44(40)46(58)26-38-16-18-48(64-4)50(28-38)66-6/h15-18,27-32,35-36,41-42,45-46H,11-14,19-26,33-34H2,1-10H3/q+2/t41-,42-,45+,46+,57?,58?/m0/s1. The molecule has 0 saturated heterocycles. The highest BCUT2D eigenvalue weighted by Gasteiger charge is 2.45. The minimum atomic E-state index is -0.980. The molecule has 4 aromatic carbocycles. The van der Waals surface area contributed by atoms with Crippen molar-refractivity contribution in [3.63, 3.8) is 0 Å². The van der Waals surface area contributed by atoms with Crippen LogP contribution in [0.5, 0.6) is 46.0 Å². The molecule has 0 aliphatic carbocycles. The third-order valence-electron chi connectivity index (χ3n) is 14.7. The molecule has 2 aliphatic rings. The zero-order chi connectivity index (χ0) is 52.0. The Balaban J connectivity index is 1.02. The molecule has 2 heterocycles. The summed E-state index contributed by atoms with van der Waals surface area (Å²) in [5.74, 6) is 1.90. The molecule has 6 rings (SSSR count). The van der Waals surface area contributed by atoms with Gasteiger partial charge in [0.1, 0.15) is 24.7 Å². The number of aldehydes is 2. The van der Waals surface area contributed by atoms with Crippen molar-refractivity contribution in [2.45, 2.75) is 63.5 Å². The summed E-state index contributed by atoms with van der Waals surface area (Å²) in [5, 5.41) is 0. The van der Waals surface area contributed by atoms with Gasteiger partial charge in [-0.25, -0.2) is 0 Å². The second kappa shape index (κ2) is 25.2. The molecule has 2 unspecified atom stereocenters. The van der Waals surface area contributed by atoms with Crippen LogP contribution in [-0.4, -0.2) is 144 Å². The first-order valence-electron chi connectivity index (χ1n) is 24.6. The highest BCUT2D eigenvalue weighted by atomic mass is 16.5. The van der Waals surface area contributed by atoms with E-state index in [1.54, 1.807) is 56.9 Å². The van der Waals surface area contributed by atoms with Gasteiger partial charge in [0.2, 0.25) is 0 Å². The van der Waals surface area contributed by atoms with Crippen LogP contribution in [0, 0.1) is 11.8 Å². The first-order chi connectivity index (χ1) is 34.7. The second-order valence-corrected chi connectivity index (χ2v) is 19.1. The number of benzene rings is 4. The molecule has 0 N–H and O–H groups in total. The van der Waals surface area contributed by atoms with Crippen molar-refractivity contribution in [3.05, 3.63) is 94.0 Å². The Morgan fingerprint density at radius 3 is 1.15 bits per heavy atom. The Morgan fingerprint density at radius 2 is 0.819 bits per heavy atom. The Bertz CT molecular complexity index is 2340.